The molecule has 0 radical (unpaired) electrons. The summed E-state index contributed by atoms with van der Waals surface area (Å²) in [5.74, 6) is 0.251. The number of thiophene rings is 1. The van der Waals surface area contributed by atoms with Gasteiger partial charge in [0.05, 0.1) is 35.3 Å². The molecule has 0 atom stereocenters. The minimum Gasteiger partial charge on any atom is -0.493 e. The van der Waals surface area contributed by atoms with Crippen LogP contribution in [0.4, 0.5) is 5.69 Å². The summed E-state index contributed by atoms with van der Waals surface area (Å²) < 4.78 is 10.3. The number of thiazole rings is 1. The van der Waals surface area contributed by atoms with Crippen molar-refractivity contribution in [1.29, 1.82) is 5.26 Å². The molecule has 136 valence electrons. The van der Waals surface area contributed by atoms with Crippen LogP contribution in [0.1, 0.15) is 10.6 Å². The SMILES string of the molecule is COc1cc(/C=C(/C#N)c2nc(-c3cccs3)cs2)cc([N+](=O)[O-])c1OC. The van der Waals surface area contributed by atoms with Gasteiger partial charge < -0.3 is 9.47 Å². The van der Waals surface area contributed by atoms with Crippen molar-refractivity contribution >= 4 is 40.0 Å². The van der Waals surface area contributed by atoms with Crippen molar-refractivity contribution in [3.05, 3.63) is 55.7 Å². The normalized spacial score (nSPS) is 11.1. The molecule has 1 aromatic carbocycles. The number of rotatable bonds is 6. The summed E-state index contributed by atoms with van der Waals surface area (Å²) >= 11 is 2.91. The number of ether oxygens (including phenoxy) is 2. The van der Waals surface area contributed by atoms with Gasteiger partial charge in [-0.05, 0) is 29.2 Å². The Morgan fingerprint density at radius 3 is 2.74 bits per heavy atom. The number of nitriles is 1. The van der Waals surface area contributed by atoms with Crippen LogP contribution in [-0.4, -0.2) is 24.1 Å². The lowest BCUT2D eigenvalue weighted by molar-refractivity contribution is -0.385. The molecule has 0 amide bonds. The highest BCUT2D eigenvalue weighted by atomic mass is 32.1. The first kappa shape index (κ1) is 18.6. The first-order chi connectivity index (χ1) is 13.1. The molecule has 2 aromatic heterocycles. The van der Waals surface area contributed by atoms with Crippen molar-refractivity contribution in [1.82, 2.24) is 4.98 Å². The van der Waals surface area contributed by atoms with Gasteiger partial charge in [0.15, 0.2) is 5.75 Å². The monoisotopic (exact) mass is 399 g/mol. The van der Waals surface area contributed by atoms with E-state index in [4.69, 9.17) is 9.47 Å². The molecule has 0 aliphatic rings. The highest BCUT2D eigenvalue weighted by Crippen LogP contribution is 2.39. The summed E-state index contributed by atoms with van der Waals surface area (Å²) in [6.45, 7) is 0. The Kier molecular flexibility index (Phi) is 5.49. The molecular formula is C18H13N3O4S2. The topological polar surface area (TPSA) is 98.3 Å². The van der Waals surface area contributed by atoms with Crippen molar-refractivity contribution in [2.24, 2.45) is 0 Å². The number of nitro benzene ring substituents is 1. The lowest BCUT2D eigenvalue weighted by Gasteiger charge is -2.09. The van der Waals surface area contributed by atoms with Crippen LogP contribution >= 0.6 is 22.7 Å². The number of aromatic nitrogens is 1. The van der Waals surface area contributed by atoms with Crippen molar-refractivity contribution in [2.75, 3.05) is 14.2 Å². The van der Waals surface area contributed by atoms with Gasteiger partial charge in [0.25, 0.3) is 0 Å². The molecule has 2 heterocycles. The molecule has 0 N–H and O–H groups in total. The van der Waals surface area contributed by atoms with Gasteiger partial charge >= 0.3 is 5.69 Å². The zero-order valence-corrected chi connectivity index (χ0v) is 16.0. The molecule has 0 saturated carbocycles. The second-order valence-electron chi connectivity index (χ2n) is 5.22. The summed E-state index contributed by atoms with van der Waals surface area (Å²) in [5.41, 5.74) is 1.32. The third-order valence-corrected chi connectivity index (χ3v) is 5.39. The molecule has 0 aliphatic carbocycles. The molecule has 3 aromatic rings. The lowest BCUT2D eigenvalue weighted by Crippen LogP contribution is -1.98. The summed E-state index contributed by atoms with van der Waals surface area (Å²) in [7, 11) is 2.73. The van der Waals surface area contributed by atoms with Gasteiger partial charge in [0.2, 0.25) is 5.75 Å². The minimum atomic E-state index is -0.553. The number of hydrogen-bond acceptors (Lipinski definition) is 8. The molecule has 3 rings (SSSR count). The minimum absolute atomic E-state index is 0.0346. The summed E-state index contributed by atoms with van der Waals surface area (Å²) in [4.78, 5) is 16.3. The first-order valence-electron chi connectivity index (χ1n) is 7.59. The predicted molar refractivity (Wildman–Crippen MR) is 105 cm³/mol. The third kappa shape index (κ3) is 3.81. The van der Waals surface area contributed by atoms with Crippen LogP contribution < -0.4 is 9.47 Å². The standard InChI is InChI=1S/C18H13N3O4S2/c1-24-15-8-11(7-14(21(22)23)17(15)25-2)6-12(9-19)18-20-13(10-27-18)16-4-3-5-26-16/h3-8,10H,1-2H3/b12-6-. The van der Waals surface area contributed by atoms with Crippen LogP contribution in [0.5, 0.6) is 11.5 Å². The maximum Gasteiger partial charge on any atom is 0.315 e. The van der Waals surface area contributed by atoms with Crippen molar-refractivity contribution < 1.29 is 14.4 Å². The Morgan fingerprint density at radius 1 is 1.33 bits per heavy atom. The largest absolute Gasteiger partial charge is 0.493 e. The van der Waals surface area contributed by atoms with Crippen molar-refractivity contribution in [2.45, 2.75) is 0 Å². The van der Waals surface area contributed by atoms with Crippen LogP contribution in [0, 0.1) is 21.4 Å². The van der Waals surface area contributed by atoms with E-state index in [1.54, 1.807) is 23.5 Å². The van der Waals surface area contributed by atoms with E-state index in [1.807, 2.05) is 22.9 Å². The Balaban J connectivity index is 2.05. The maximum atomic E-state index is 11.3. The summed E-state index contributed by atoms with van der Waals surface area (Å²) in [5, 5.41) is 25.3. The van der Waals surface area contributed by atoms with Gasteiger partial charge in [-0.15, -0.1) is 22.7 Å². The fraction of sp³-hybridized carbons (Fsp3) is 0.111. The Morgan fingerprint density at radius 2 is 2.15 bits per heavy atom. The Labute approximate surface area is 162 Å². The smallest absolute Gasteiger partial charge is 0.315 e. The van der Waals surface area contributed by atoms with Crippen LogP contribution in [0.25, 0.3) is 22.2 Å². The third-order valence-electron chi connectivity index (χ3n) is 3.62. The average Bonchev–Trinajstić information content (AvgIpc) is 3.36. The zero-order valence-electron chi connectivity index (χ0n) is 14.3. The van der Waals surface area contributed by atoms with E-state index in [0.29, 0.717) is 16.1 Å². The van der Waals surface area contributed by atoms with Crippen LogP contribution in [0.15, 0.2) is 35.0 Å². The van der Waals surface area contributed by atoms with E-state index in [1.165, 1.54) is 31.6 Å². The van der Waals surface area contributed by atoms with Gasteiger partial charge in [0.1, 0.15) is 11.1 Å². The molecule has 27 heavy (non-hydrogen) atoms. The first-order valence-corrected chi connectivity index (χ1v) is 9.35. The van der Waals surface area contributed by atoms with Gasteiger partial charge in [-0.2, -0.15) is 5.26 Å². The molecule has 7 nitrogen and oxygen atoms in total. The molecule has 0 bridgehead atoms. The average molecular weight is 399 g/mol. The second kappa shape index (κ2) is 7.99. The molecule has 9 heteroatoms. The summed E-state index contributed by atoms with van der Waals surface area (Å²) in [6.07, 6.45) is 1.55. The predicted octanol–water partition coefficient (Wildman–Crippen LogP) is 4.86. The van der Waals surface area contributed by atoms with Crippen molar-refractivity contribution in [3.8, 4) is 28.1 Å². The fourth-order valence-electron chi connectivity index (χ4n) is 2.43. The number of allylic oxidation sites excluding steroid dienone is 1. The summed E-state index contributed by atoms with van der Waals surface area (Å²) in [6, 6.07) is 8.92. The van der Waals surface area contributed by atoms with Gasteiger partial charge in [-0.25, -0.2) is 4.98 Å². The van der Waals surface area contributed by atoms with Crippen LogP contribution in [0.2, 0.25) is 0 Å². The quantitative estimate of drug-likeness (QED) is 0.333. The van der Waals surface area contributed by atoms with Gasteiger partial charge in [-0.1, -0.05) is 6.07 Å². The zero-order chi connectivity index (χ0) is 19.4. The van der Waals surface area contributed by atoms with E-state index in [9.17, 15) is 15.4 Å². The molecule has 0 spiro atoms. The van der Waals surface area contributed by atoms with Crippen LogP contribution in [-0.2, 0) is 0 Å². The van der Waals surface area contributed by atoms with E-state index in [0.717, 1.165) is 10.6 Å². The number of benzene rings is 1. The van der Waals surface area contributed by atoms with E-state index < -0.39 is 4.92 Å². The Bertz CT molecular complexity index is 1050. The number of hydrogen-bond donors (Lipinski definition) is 0. The van der Waals surface area contributed by atoms with Crippen LogP contribution in [0.3, 0.4) is 0 Å². The number of nitro groups is 1. The van der Waals surface area contributed by atoms with E-state index in [2.05, 4.69) is 11.1 Å². The highest BCUT2D eigenvalue weighted by Gasteiger charge is 2.21. The van der Waals surface area contributed by atoms with Gasteiger partial charge in [0, 0.05) is 11.4 Å². The van der Waals surface area contributed by atoms with Crippen molar-refractivity contribution in [3.63, 3.8) is 0 Å². The number of nitrogens with zero attached hydrogens (tertiary/aromatic N) is 3. The molecular weight excluding hydrogens is 386 g/mol. The maximum absolute atomic E-state index is 11.3. The number of methoxy groups -OCH3 is 2. The van der Waals surface area contributed by atoms with E-state index >= 15 is 0 Å². The Hall–Kier alpha value is -3.22. The molecule has 0 saturated heterocycles. The molecule has 0 fully saturated rings. The molecule has 0 aliphatic heterocycles. The lowest BCUT2D eigenvalue weighted by atomic mass is 10.1. The van der Waals surface area contributed by atoms with Gasteiger partial charge in [-0.3, -0.25) is 10.1 Å². The molecule has 0 unspecified atom stereocenters. The fourth-order valence-corrected chi connectivity index (χ4v) is 3.97. The van der Waals surface area contributed by atoms with E-state index in [-0.39, 0.29) is 17.2 Å². The highest BCUT2D eigenvalue weighted by molar-refractivity contribution is 7.14. The second-order valence-corrected chi connectivity index (χ2v) is 7.02.